The Balaban J connectivity index is 2.21. The maximum absolute atomic E-state index is 12.5. The second-order valence-electron chi connectivity index (χ2n) is 4.63. The summed E-state index contributed by atoms with van der Waals surface area (Å²) in [5.41, 5.74) is 5.97. The molecule has 1 aliphatic rings. The number of nitrogens with two attached hydrogens (primary N) is 1. The fourth-order valence-corrected chi connectivity index (χ4v) is 2.48. The van der Waals surface area contributed by atoms with Crippen LogP contribution in [-0.4, -0.2) is 24.0 Å². The number of halogens is 3. The highest BCUT2D eigenvalue weighted by Gasteiger charge is 2.39. The van der Waals surface area contributed by atoms with Crippen LogP contribution < -0.4 is 5.73 Å². The van der Waals surface area contributed by atoms with Gasteiger partial charge >= 0.3 is 6.18 Å². The highest BCUT2D eigenvalue weighted by atomic mass is 19.4. The fraction of sp³-hybridized carbons (Fsp3) is 0.667. The molecular weight excluding hydrogens is 245 g/mol. The van der Waals surface area contributed by atoms with E-state index < -0.39 is 11.9 Å². The van der Waals surface area contributed by atoms with Crippen molar-refractivity contribution in [2.45, 2.75) is 38.0 Å². The highest BCUT2D eigenvalue weighted by molar-refractivity contribution is 5.16. The summed E-state index contributed by atoms with van der Waals surface area (Å²) in [6.45, 7) is 3.66. The lowest BCUT2D eigenvalue weighted by Gasteiger charge is -2.24. The number of likely N-dealkylation sites (tertiary alicyclic amines) is 1. The summed E-state index contributed by atoms with van der Waals surface area (Å²) < 4.78 is 42.4. The average Bonchev–Trinajstić information content (AvgIpc) is 2.85. The quantitative estimate of drug-likeness (QED) is 0.910. The molecule has 102 valence electrons. The molecule has 1 aromatic heterocycles. The molecule has 1 aromatic rings. The number of furan rings is 1. The van der Waals surface area contributed by atoms with E-state index in [1.807, 2.05) is 6.92 Å². The molecule has 1 aliphatic heterocycles. The van der Waals surface area contributed by atoms with Crippen molar-refractivity contribution in [2.24, 2.45) is 5.73 Å². The van der Waals surface area contributed by atoms with Gasteiger partial charge in [-0.15, -0.1) is 0 Å². The topological polar surface area (TPSA) is 42.4 Å². The molecule has 18 heavy (non-hydrogen) atoms. The third-order valence-electron chi connectivity index (χ3n) is 3.26. The van der Waals surface area contributed by atoms with Crippen molar-refractivity contribution >= 4 is 0 Å². The van der Waals surface area contributed by atoms with Crippen LogP contribution in [0.4, 0.5) is 13.2 Å². The zero-order valence-electron chi connectivity index (χ0n) is 10.2. The van der Waals surface area contributed by atoms with Gasteiger partial charge < -0.3 is 10.2 Å². The largest absolute Gasteiger partial charge is 0.455 e. The Morgan fingerprint density at radius 1 is 1.44 bits per heavy atom. The first-order valence-electron chi connectivity index (χ1n) is 6.10. The Kier molecular flexibility index (Phi) is 3.68. The summed E-state index contributed by atoms with van der Waals surface area (Å²) in [5, 5.41) is 0. The summed E-state index contributed by atoms with van der Waals surface area (Å²) in [4.78, 5) is 2.09. The number of alkyl halides is 3. The molecule has 0 bridgehead atoms. The van der Waals surface area contributed by atoms with E-state index in [2.05, 4.69) is 4.90 Å². The van der Waals surface area contributed by atoms with Gasteiger partial charge in [-0.3, -0.25) is 4.90 Å². The Hall–Kier alpha value is -1.01. The smallest absolute Gasteiger partial charge is 0.449 e. The lowest BCUT2D eigenvalue weighted by Crippen LogP contribution is -2.32. The number of nitrogens with zero attached hydrogens (tertiary/aromatic N) is 1. The van der Waals surface area contributed by atoms with E-state index in [0.717, 1.165) is 32.0 Å². The van der Waals surface area contributed by atoms with Crippen molar-refractivity contribution in [2.75, 3.05) is 13.1 Å². The number of hydrogen-bond acceptors (Lipinski definition) is 3. The van der Waals surface area contributed by atoms with Gasteiger partial charge in [0, 0.05) is 12.6 Å². The molecule has 1 fully saturated rings. The Morgan fingerprint density at radius 3 is 2.72 bits per heavy atom. The molecule has 2 atom stereocenters. The SMILES string of the molecule is CCCN1CCC(N)C1c1ccc(C(F)(F)F)o1. The van der Waals surface area contributed by atoms with E-state index >= 15 is 0 Å². The van der Waals surface area contributed by atoms with E-state index in [-0.39, 0.29) is 12.1 Å². The van der Waals surface area contributed by atoms with Gasteiger partial charge in [-0.05, 0) is 31.5 Å². The standard InChI is InChI=1S/C12H17F3N2O/c1-2-6-17-7-5-8(16)11(17)9-3-4-10(18-9)12(13,14)15/h3-4,8,11H,2,5-7,16H2,1H3. The van der Waals surface area contributed by atoms with Gasteiger partial charge in [0.1, 0.15) is 5.76 Å². The monoisotopic (exact) mass is 262 g/mol. The van der Waals surface area contributed by atoms with Gasteiger partial charge in [-0.2, -0.15) is 13.2 Å². The van der Waals surface area contributed by atoms with Crippen molar-refractivity contribution < 1.29 is 17.6 Å². The highest BCUT2D eigenvalue weighted by Crippen LogP contribution is 2.36. The van der Waals surface area contributed by atoms with Gasteiger partial charge in [-0.1, -0.05) is 6.92 Å². The molecule has 0 amide bonds. The average molecular weight is 262 g/mol. The van der Waals surface area contributed by atoms with E-state index in [0.29, 0.717) is 5.76 Å². The summed E-state index contributed by atoms with van der Waals surface area (Å²) in [5.74, 6) is -0.631. The molecule has 0 saturated carbocycles. The van der Waals surface area contributed by atoms with Crippen LogP contribution in [-0.2, 0) is 6.18 Å². The van der Waals surface area contributed by atoms with Crippen LogP contribution in [0.3, 0.4) is 0 Å². The van der Waals surface area contributed by atoms with E-state index in [9.17, 15) is 13.2 Å². The molecule has 0 aliphatic carbocycles. The van der Waals surface area contributed by atoms with Crippen LogP contribution in [0.1, 0.15) is 37.3 Å². The number of rotatable bonds is 3. The molecular formula is C12H17F3N2O. The third kappa shape index (κ3) is 2.54. The van der Waals surface area contributed by atoms with Gasteiger partial charge in [0.15, 0.2) is 0 Å². The Morgan fingerprint density at radius 2 is 2.17 bits per heavy atom. The predicted octanol–water partition coefficient (Wildman–Crippen LogP) is 2.78. The molecule has 3 nitrogen and oxygen atoms in total. The minimum atomic E-state index is -4.43. The van der Waals surface area contributed by atoms with Gasteiger partial charge in [0.2, 0.25) is 5.76 Å². The second kappa shape index (κ2) is 4.93. The van der Waals surface area contributed by atoms with Crippen LogP contribution >= 0.6 is 0 Å². The van der Waals surface area contributed by atoms with E-state index in [1.54, 1.807) is 0 Å². The van der Waals surface area contributed by atoms with Crippen molar-refractivity contribution in [3.05, 3.63) is 23.7 Å². The van der Waals surface area contributed by atoms with Crippen LogP contribution in [0.25, 0.3) is 0 Å². The van der Waals surface area contributed by atoms with Crippen molar-refractivity contribution in [1.29, 1.82) is 0 Å². The molecule has 2 heterocycles. The first-order valence-corrected chi connectivity index (χ1v) is 6.10. The zero-order chi connectivity index (χ0) is 13.3. The van der Waals surface area contributed by atoms with Gasteiger partial charge in [0.25, 0.3) is 0 Å². The predicted molar refractivity (Wildman–Crippen MR) is 60.9 cm³/mol. The second-order valence-corrected chi connectivity index (χ2v) is 4.63. The number of hydrogen-bond donors (Lipinski definition) is 1. The molecule has 1 saturated heterocycles. The Bertz CT molecular complexity index is 400. The normalized spacial score (nSPS) is 25.8. The van der Waals surface area contributed by atoms with Crippen LogP contribution in [0.5, 0.6) is 0 Å². The van der Waals surface area contributed by atoms with E-state index in [1.165, 1.54) is 6.07 Å². The molecule has 0 aromatic carbocycles. The summed E-state index contributed by atoms with van der Waals surface area (Å²) in [6.07, 6.45) is -2.71. The van der Waals surface area contributed by atoms with Crippen LogP contribution in [0.2, 0.25) is 0 Å². The van der Waals surface area contributed by atoms with Crippen LogP contribution in [0.15, 0.2) is 16.5 Å². The zero-order valence-corrected chi connectivity index (χ0v) is 10.2. The lowest BCUT2D eigenvalue weighted by atomic mass is 10.1. The van der Waals surface area contributed by atoms with Crippen LogP contribution in [0, 0.1) is 0 Å². The summed E-state index contributed by atoms with van der Waals surface area (Å²) >= 11 is 0. The van der Waals surface area contributed by atoms with Crippen molar-refractivity contribution in [3.8, 4) is 0 Å². The summed E-state index contributed by atoms with van der Waals surface area (Å²) in [7, 11) is 0. The Labute approximate surface area is 104 Å². The minimum Gasteiger partial charge on any atom is -0.455 e. The molecule has 0 radical (unpaired) electrons. The molecule has 2 unspecified atom stereocenters. The van der Waals surface area contributed by atoms with Crippen molar-refractivity contribution in [1.82, 2.24) is 4.90 Å². The third-order valence-corrected chi connectivity index (χ3v) is 3.26. The first kappa shape index (κ1) is 13.4. The van der Waals surface area contributed by atoms with E-state index in [4.69, 9.17) is 10.2 Å². The molecule has 0 spiro atoms. The molecule has 2 N–H and O–H groups in total. The van der Waals surface area contributed by atoms with Crippen molar-refractivity contribution in [3.63, 3.8) is 0 Å². The lowest BCUT2D eigenvalue weighted by molar-refractivity contribution is -0.153. The van der Waals surface area contributed by atoms with Gasteiger partial charge in [-0.25, -0.2) is 0 Å². The maximum atomic E-state index is 12.5. The fourth-order valence-electron chi connectivity index (χ4n) is 2.48. The maximum Gasteiger partial charge on any atom is 0.449 e. The van der Waals surface area contributed by atoms with Gasteiger partial charge in [0.05, 0.1) is 6.04 Å². The minimum absolute atomic E-state index is 0.163. The molecule has 2 rings (SSSR count). The first-order chi connectivity index (χ1) is 8.43. The summed E-state index contributed by atoms with van der Waals surface area (Å²) in [6, 6.07) is 1.97. The molecule has 6 heteroatoms.